The smallest absolute Gasteiger partial charge is 0.213 e. The van der Waals surface area contributed by atoms with Crippen molar-refractivity contribution in [1.29, 1.82) is 0 Å². The predicted octanol–water partition coefficient (Wildman–Crippen LogP) is 1.43. The molecule has 0 aliphatic carbocycles. The fraction of sp³-hybridized carbons (Fsp3) is 0.500. The summed E-state index contributed by atoms with van der Waals surface area (Å²) in [5, 5.41) is 3.36. The zero-order valence-electron chi connectivity index (χ0n) is 8.00. The molecule has 2 heterocycles. The second kappa shape index (κ2) is 3.34. The summed E-state index contributed by atoms with van der Waals surface area (Å²) < 4.78 is 5.05. The van der Waals surface area contributed by atoms with Gasteiger partial charge in [0.15, 0.2) is 0 Å². The van der Waals surface area contributed by atoms with E-state index >= 15 is 0 Å². The lowest BCUT2D eigenvalue weighted by Crippen LogP contribution is -2.35. The Morgan fingerprint density at radius 3 is 2.77 bits per heavy atom. The van der Waals surface area contributed by atoms with Crippen molar-refractivity contribution in [3.05, 3.63) is 23.4 Å². The third-order valence-corrected chi connectivity index (χ3v) is 2.51. The molecule has 1 aliphatic rings. The molecule has 1 aliphatic heterocycles. The van der Waals surface area contributed by atoms with Gasteiger partial charge >= 0.3 is 0 Å². The number of hydrogen-bond donors (Lipinski definition) is 1. The van der Waals surface area contributed by atoms with Crippen molar-refractivity contribution in [3.8, 4) is 5.88 Å². The van der Waals surface area contributed by atoms with E-state index in [9.17, 15) is 0 Å². The van der Waals surface area contributed by atoms with Crippen LogP contribution in [-0.2, 0) is 0 Å². The van der Waals surface area contributed by atoms with Gasteiger partial charge in [-0.2, -0.15) is 0 Å². The summed E-state index contributed by atoms with van der Waals surface area (Å²) in [6, 6.07) is 4.53. The molecule has 1 saturated heterocycles. The minimum Gasteiger partial charge on any atom is -0.481 e. The lowest BCUT2D eigenvalue weighted by Gasteiger charge is -2.28. The molecule has 1 atom stereocenters. The first-order valence-electron chi connectivity index (χ1n) is 4.56. The molecular weight excluding hydrogens is 164 g/mol. The largest absolute Gasteiger partial charge is 0.481 e. The Bertz CT molecular complexity index is 308. The highest BCUT2D eigenvalue weighted by Crippen LogP contribution is 2.25. The lowest BCUT2D eigenvalue weighted by atomic mass is 9.97. The zero-order chi connectivity index (χ0) is 9.26. The van der Waals surface area contributed by atoms with Crippen LogP contribution >= 0.6 is 0 Å². The van der Waals surface area contributed by atoms with Gasteiger partial charge in [0, 0.05) is 17.8 Å². The maximum Gasteiger partial charge on any atom is 0.213 e. The van der Waals surface area contributed by atoms with Crippen LogP contribution < -0.4 is 10.1 Å². The summed E-state index contributed by atoms with van der Waals surface area (Å²) in [6.45, 7) is 3.15. The lowest BCUT2D eigenvalue weighted by molar-refractivity contribution is 0.374. The van der Waals surface area contributed by atoms with Gasteiger partial charge in [-0.1, -0.05) is 6.07 Å². The molecule has 1 unspecified atom stereocenters. The number of nitrogens with one attached hydrogen (secondary N) is 1. The summed E-state index contributed by atoms with van der Waals surface area (Å²) in [7, 11) is 1.64. The van der Waals surface area contributed by atoms with Crippen molar-refractivity contribution in [1.82, 2.24) is 10.3 Å². The van der Waals surface area contributed by atoms with E-state index in [1.807, 2.05) is 13.0 Å². The fourth-order valence-electron chi connectivity index (χ4n) is 1.58. The van der Waals surface area contributed by atoms with Gasteiger partial charge < -0.3 is 10.1 Å². The van der Waals surface area contributed by atoms with Gasteiger partial charge in [-0.25, -0.2) is 4.98 Å². The number of hydrogen-bond acceptors (Lipinski definition) is 3. The highest BCUT2D eigenvalue weighted by atomic mass is 16.5. The van der Waals surface area contributed by atoms with Gasteiger partial charge in [0.05, 0.1) is 7.11 Å². The molecule has 13 heavy (non-hydrogen) atoms. The van der Waals surface area contributed by atoms with E-state index in [0.717, 1.165) is 12.2 Å². The second-order valence-electron chi connectivity index (χ2n) is 3.32. The topological polar surface area (TPSA) is 34.1 Å². The molecule has 2 rings (SSSR count). The van der Waals surface area contributed by atoms with Gasteiger partial charge in [-0.3, -0.25) is 0 Å². The molecule has 1 aromatic heterocycles. The van der Waals surface area contributed by atoms with Gasteiger partial charge in [-0.05, 0) is 25.5 Å². The standard InChI is InChI=1S/C10H14N2O/c1-7-8(9-5-6-11-9)3-4-10(12-7)13-2/h3-4,9,11H,5-6H2,1-2H3. The Kier molecular flexibility index (Phi) is 2.19. The summed E-state index contributed by atoms with van der Waals surface area (Å²) in [5.41, 5.74) is 2.36. The maximum atomic E-state index is 5.05. The van der Waals surface area contributed by atoms with Gasteiger partial charge in [0.25, 0.3) is 0 Å². The fourth-order valence-corrected chi connectivity index (χ4v) is 1.58. The Morgan fingerprint density at radius 2 is 2.31 bits per heavy atom. The van der Waals surface area contributed by atoms with E-state index in [1.165, 1.54) is 12.0 Å². The molecule has 0 amide bonds. The highest BCUT2D eigenvalue weighted by molar-refractivity contribution is 5.28. The minimum atomic E-state index is 0.512. The summed E-state index contributed by atoms with van der Waals surface area (Å²) >= 11 is 0. The SMILES string of the molecule is COc1ccc(C2CCN2)c(C)n1. The average Bonchev–Trinajstić information content (AvgIpc) is 2.05. The highest BCUT2D eigenvalue weighted by Gasteiger charge is 2.20. The molecule has 3 nitrogen and oxygen atoms in total. The number of aryl methyl sites for hydroxylation is 1. The molecule has 0 saturated carbocycles. The molecule has 1 aromatic rings. The first-order chi connectivity index (χ1) is 6.31. The Morgan fingerprint density at radius 1 is 1.54 bits per heavy atom. The van der Waals surface area contributed by atoms with Crippen LogP contribution in [-0.4, -0.2) is 18.6 Å². The van der Waals surface area contributed by atoms with Crippen LogP contribution in [0.3, 0.4) is 0 Å². The van der Waals surface area contributed by atoms with Gasteiger partial charge in [0.2, 0.25) is 5.88 Å². The van der Waals surface area contributed by atoms with Crippen LogP contribution in [0.5, 0.6) is 5.88 Å². The van der Waals surface area contributed by atoms with E-state index in [0.29, 0.717) is 11.9 Å². The van der Waals surface area contributed by atoms with Crippen LogP contribution in [0.4, 0.5) is 0 Å². The van der Waals surface area contributed by atoms with Crippen molar-refractivity contribution in [2.24, 2.45) is 0 Å². The molecule has 70 valence electrons. The third-order valence-electron chi connectivity index (χ3n) is 2.51. The summed E-state index contributed by atoms with van der Waals surface area (Å²) in [5.74, 6) is 0.695. The number of aromatic nitrogens is 1. The number of nitrogens with zero attached hydrogens (tertiary/aromatic N) is 1. The molecular formula is C10H14N2O. The summed E-state index contributed by atoms with van der Waals surface area (Å²) in [4.78, 5) is 4.33. The van der Waals surface area contributed by atoms with E-state index in [1.54, 1.807) is 7.11 Å². The van der Waals surface area contributed by atoms with E-state index < -0.39 is 0 Å². The third kappa shape index (κ3) is 1.52. The predicted molar refractivity (Wildman–Crippen MR) is 50.9 cm³/mol. The number of methoxy groups -OCH3 is 1. The first-order valence-corrected chi connectivity index (χ1v) is 4.56. The van der Waals surface area contributed by atoms with Crippen molar-refractivity contribution in [2.45, 2.75) is 19.4 Å². The molecule has 1 fully saturated rings. The molecule has 0 aromatic carbocycles. The van der Waals surface area contributed by atoms with Crippen molar-refractivity contribution in [2.75, 3.05) is 13.7 Å². The van der Waals surface area contributed by atoms with E-state index in [2.05, 4.69) is 16.4 Å². The van der Waals surface area contributed by atoms with E-state index in [-0.39, 0.29) is 0 Å². The van der Waals surface area contributed by atoms with Crippen molar-refractivity contribution in [3.63, 3.8) is 0 Å². The van der Waals surface area contributed by atoms with Crippen LogP contribution in [0, 0.1) is 6.92 Å². The van der Waals surface area contributed by atoms with Crippen molar-refractivity contribution < 1.29 is 4.74 Å². The first kappa shape index (κ1) is 8.51. The van der Waals surface area contributed by atoms with Crippen LogP contribution in [0.1, 0.15) is 23.7 Å². The molecule has 3 heteroatoms. The quantitative estimate of drug-likeness (QED) is 0.744. The Balaban J connectivity index is 2.26. The number of rotatable bonds is 2. The van der Waals surface area contributed by atoms with Crippen LogP contribution in [0.25, 0.3) is 0 Å². The molecule has 0 radical (unpaired) electrons. The van der Waals surface area contributed by atoms with E-state index in [4.69, 9.17) is 4.74 Å². The Hall–Kier alpha value is -1.09. The Labute approximate surface area is 78.1 Å². The molecule has 0 bridgehead atoms. The molecule has 0 spiro atoms. The number of pyridine rings is 1. The van der Waals surface area contributed by atoms with Gasteiger partial charge in [-0.15, -0.1) is 0 Å². The van der Waals surface area contributed by atoms with Crippen LogP contribution in [0.15, 0.2) is 12.1 Å². The zero-order valence-corrected chi connectivity index (χ0v) is 8.00. The minimum absolute atomic E-state index is 0.512. The normalized spacial score (nSPS) is 20.9. The maximum absolute atomic E-state index is 5.05. The monoisotopic (exact) mass is 178 g/mol. The van der Waals surface area contributed by atoms with Crippen LogP contribution in [0.2, 0.25) is 0 Å². The summed E-state index contributed by atoms with van der Waals surface area (Å²) in [6.07, 6.45) is 1.22. The average molecular weight is 178 g/mol. The molecule has 1 N–H and O–H groups in total. The second-order valence-corrected chi connectivity index (χ2v) is 3.32. The van der Waals surface area contributed by atoms with Gasteiger partial charge in [0.1, 0.15) is 0 Å². The van der Waals surface area contributed by atoms with Crippen molar-refractivity contribution >= 4 is 0 Å². The number of ether oxygens (including phenoxy) is 1.